The van der Waals surface area contributed by atoms with Crippen LogP contribution in [0.3, 0.4) is 0 Å². The molecule has 0 aliphatic carbocycles. The second kappa shape index (κ2) is 7.93. The highest BCUT2D eigenvalue weighted by atomic mass is 32.2. The van der Waals surface area contributed by atoms with Crippen LogP contribution in [0.2, 0.25) is 0 Å². The van der Waals surface area contributed by atoms with E-state index in [2.05, 4.69) is 4.72 Å². The van der Waals surface area contributed by atoms with E-state index >= 15 is 0 Å². The van der Waals surface area contributed by atoms with E-state index in [1.54, 1.807) is 23.1 Å². The number of ether oxygens (including phenoxy) is 1. The third kappa shape index (κ3) is 4.36. The maximum absolute atomic E-state index is 12.7. The van der Waals surface area contributed by atoms with Crippen LogP contribution in [0.25, 0.3) is 0 Å². The molecule has 1 amide bonds. The molecule has 1 aliphatic heterocycles. The SMILES string of the molecule is Cc1cccc(NS(=O)(=O)c2ccc(C(=O)N3C[C@H](C)O[C@@H](C)C3)cc2)c1C. The Kier molecular flexibility index (Phi) is 5.76. The molecule has 7 heteroatoms. The van der Waals surface area contributed by atoms with Crippen molar-refractivity contribution in [2.24, 2.45) is 0 Å². The predicted molar refractivity (Wildman–Crippen MR) is 109 cm³/mol. The molecule has 0 spiro atoms. The molecule has 1 aliphatic rings. The molecule has 28 heavy (non-hydrogen) atoms. The Labute approximate surface area is 166 Å². The molecule has 1 fully saturated rings. The summed E-state index contributed by atoms with van der Waals surface area (Å²) in [5.41, 5.74) is 2.91. The zero-order valence-corrected chi connectivity index (χ0v) is 17.4. The third-order valence-electron chi connectivity index (χ3n) is 4.97. The van der Waals surface area contributed by atoms with E-state index in [4.69, 9.17) is 4.74 Å². The summed E-state index contributed by atoms with van der Waals surface area (Å²) in [4.78, 5) is 14.6. The number of anilines is 1. The normalized spacial score (nSPS) is 20.1. The Bertz CT molecular complexity index is 960. The van der Waals surface area contributed by atoms with Gasteiger partial charge in [-0.1, -0.05) is 12.1 Å². The van der Waals surface area contributed by atoms with Crippen LogP contribution in [0.1, 0.15) is 35.3 Å². The topological polar surface area (TPSA) is 75.7 Å². The first kappa shape index (κ1) is 20.4. The molecule has 1 heterocycles. The minimum Gasteiger partial charge on any atom is -0.372 e. The second-order valence-corrected chi connectivity index (χ2v) is 9.03. The molecule has 2 atom stereocenters. The van der Waals surface area contributed by atoms with E-state index in [0.29, 0.717) is 24.3 Å². The van der Waals surface area contributed by atoms with Gasteiger partial charge in [0, 0.05) is 18.7 Å². The summed E-state index contributed by atoms with van der Waals surface area (Å²) in [6.45, 7) is 8.73. The maximum Gasteiger partial charge on any atom is 0.261 e. The van der Waals surface area contributed by atoms with Crippen molar-refractivity contribution in [1.29, 1.82) is 0 Å². The highest BCUT2D eigenvalue weighted by Gasteiger charge is 2.27. The monoisotopic (exact) mass is 402 g/mol. The van der Waals surface area contributed by atoms with Gasteiger partial charge >= 0.3 is 0 Å². The van der Waals surface area contributed by atoms with Crippen molar-refractivity contribution in [2.45, 2.75) is 44.8 Å². The molecule has 1 N–H and O–H groups in total. The minimum atomic E-state index is -3.73. The summed E-state index contributed by atoms with van der Waals surface area (Å²) in [6.07, 6.45) is -0.0387. The lowest BCUT2D eigenvalue weighted by Crippen LogP contribution is -2.48. The van der Waals surface area contributed by atoms with Crippen LogP contribution in [0.4, 0.5) is 5.69 Å². The van der Waals surface area contributed by atoms with Gasteiger partial charge in [0.05, 0.1) is 22.8 Å². The summed E-state index contributed by atoms with van der Waals surface area (Å²) in [5, 5.41) is 0. The molecule has 0 radical (unpaired) electrons. The molecule has 0 aromatic heterocycles. The van der Waals surface area contributed by atoms with E-state index in [-0.39, 0.29) is 23.0 Å². The van der Waals surface area contributed by atoms with Gasteiger partial charge in [0.15, 0.2) is 0 Å². The van der Waals surface area contributed by atoms with Crippen LogP contribution in [-0.2, 0) is 14.8 Å². The van der Waals surface area contributed by atoms with Gasteiger partial charge in [-0.2, -0.15) is 0 Å². The number of aryl methyl sites for hydroxylation is 1. The summed E-state index contributed by atoms with van der Waals surface area (Å²) < 4.78 is 33.7. The molecule has 2 aromatic carbocycles. The fourth-order valence-corrected chi connectivity index (χ4v) is 4.49. The van der Waals surface area contributed by atoms with Crippen molar-refractivity contribution in [3.05, 3.63) is 59.2 Å². The highest BCUT2D eigenvalue weighted by molar-refractivity contribution is 7.92. The molecular weight excluding hydrogens is 376 g/mol. The van der Waals surface area contributed by atoms with E-state index in [9.17, 15) is 13.2 Å². The molecule has 6 nitrogen and oxygen atoms in total. The van der Waals surface area contributed by atoms with Crippen LogP contribution >= 0.6 is 0 Å². The molecule has 0 unspecified atom stereocenters. The van der Waals surface area contributed by atoms with Gasteiger partial charge in [0.25, 0.3) is 15.9 Å². The van der Waals surface area contributed by atoms with Crippen LogP contribution in [-0.4, -0.2) is 44.5 Å². The molecule has 1 saturated heterocycles. The largest absolute Gasteiger partial charge is 0.372 e. The Balaban J connectivity index is 1.78. The second-order valence-electron chi connectivity index (χ2n) is 7.34. The van der Waals surface area contributed by atoms with Gasteiger partial charge < -0.3 is 9.64 Å². The quantitative estimate of drug-likeness (QED) is 0.851. The fourth-order valence-electron chi connectivity index (χ4n) is 3.37. The number of nitrogens with one attached hydrogen (secondary N) is 1. The number of sulfonamides is 1. The van der Waals surface area contributed by atoms with Crippen molar-refractivity contribution >= 4 is 21.6 Å². The number of rotatable bonds is 4. The third-order valence-corrected chi connectivity index (χ3v) is 6.35. The number of carbonyl (C=O) groups is 1. The number of nitrogens with zero attached hydrogens (tertiary/aromatic N) is 1. The number of hydrogen-bond donors (Lipinski definition) is 1. The van der Waals surface area contributed by atoms with Crippen LogP contribution in [0.5, 0.6) is 0 Å². The Hall–Kier alpha value is -2.38. The average Bonchev–Trinajstić information content (AvgIpc) is 2.64. The van der Waals surface area contributed by atoms with Gasteiger partial charge in [-0.3, -0.25) is 9.52 Å². The molecule has 0 bridgehead atoms. The Morgan fingerprint density at radius 3 is 2.25 bits per heavy atom. The molecule has 2 aromatic rings. The summed E-state index contributed by atoms with van der Waals surface area (Å²) in [5.74, 6) is -0.117. The minimum absolute atomic E-state index is 0.0193. The summed E-state index contributed by atoms with van der Waals surface area (Å²) in [6, 6.07) is 11.5. The maximum atomic E-state index is 12.7. The van der Waals surface area contributed by atoms with Gasteiger partial charge in [-0.05, 0) is 69.2 Å². The van der Waals surface area contributed by atoms with Gasteiger partial charge in [0.2, 0.25) is 0 Å². The van der Waals surface area contributed by atoms with Crippen molar-refractivity contribution in [2.75, 3.05) is 17.8 Å². The van der Waals surface area contributed by atoms with E-state index in [1.807, 2.05) is 39.8 Å². The lowest BCUT2D eigenvalue weighted by Gasteiger charge is -2.35. The highest BCUT2D eigenvalue weighted by Crippen LogP contribution is 2.23. The van der Waals surface area contributed by atoms with Crippen molar-refractivity contribution in [3.8, 4) is 0 Å². The first-order valence-corrected chi connectivity index (χ1v) is 10.8. The van der Waals surface area contributed by atoms with Crippen LogP contribution < -0.4 is 4.72 Å². The fraction of sp³-hybridized carbons (Fsp3) is 0.381. The molecule has 150 valence electrons. The lowest BCUT2D eigenvalue weighted by atomic mass is 10.1. The van der Waals surface area contributed by atoms with Crippen molar-refractivity contribution in [3.63, 3.8) is 0 Å². The molecule has 3 rings (SSSR count). The molecular formula is C21H26N2O4S. The van der Waals surface area contributed by atoms with Crippen LogP contribution in [0.15, 0.2) is 47.4 Å². The summed E-state index contributed by atoms with van der Waals surface area (Å²) in [7, 11) is -3.73. The van der Waals surface area contributed by atoms with Gasteiger partial charge in [-0.15, -0.1) is 0 Å². The van der Waals surface area contributed by atoms with E-state index < -0.39 is 10.0 Å². The molecule has 0 saturated carbocycles. The zero-order chi connectivity index (χ0) is 20.5. The number of benzene rings is 2. The first-order chi connectivity index (χ1) is 13.2. The standard InChI is InChI=1S/C21H26N2O4S/c1-14-6-5-7-20(17(14)4)22-28(25,26)19-10-8-18(9-11-19)21(24)23-12-15(2)27-16(3)13-23/h5-11,15-16,22H,12-13H2,1-4H3/t15-,16-/m0/s1. The summed E-state index contributed by atoms with van der Waals surface area (Å²) >= 11 is 0. The zero-order valence-electron chi connectivity index (χ0n) is 16.6. The predicted octanol–water partition coefficient (Wildman–Crippen LogP) is 3.35. The van der Waals surface area contributed by atoms with Crippen molar-refractivity contribution < 1.29 is 17.9 Å². The number of amides is 1. The van der Waals surface area contributed by atoms with Gasteiger partial charge in [0.1, 0.15) is 0 Å². The smallest absolute Gasteiger partial charge is 0.261 e. The van der Waals surface area contributed by atoms with E-state index in [1.165, 1.54) is 12.1 Å². The van der Waals surface area contributed by atoms with E-state index in [0.717, 1.165) is 11.1 Å². The number of morpholine rings is 1. The van der Waals surface area contributed by atoms with Crippen LogP contribution in [0, 0.1) is 13.8 Å². The van der Waals surface area contributed by atoms with Crippen molar-refractivity contribution in [1.82, 2.24) is 4.90 Å². The average molecular weight is 403 g/mol. The van der Waals surface area contributed by atoms with Gasteiger partial charge in [-0.25, -0.2) is 8.42 Å². The first-order valence-electron chi connectivity index (χ1n) is 9.31. The number of carbonyl (C=O) groups excluding carboxylic acids is 1. The lowest BCUT2D eigenvalue weighted by molar-refractivity contribution is -0.0586. The number of hydrogen-bond acceptors (Lipinski definition) is 4. The Morgan fingerprint density at radius 1 is 1.04 bits per heavy atom. The Morgan fingerprint density at radius 2 is 1.64 bits per heavy atom.